The molecule has 2 aliphatic carbocycles. The Bertz CT molecular complexity index is 4670. The minimum absolute atomic E-state index is 0.0897. The summed E-state index contributed by atoms with van der Waals surface area (Å²) in [5.74, 6) is 2.33. The number of aliphatic imine (C=N–C) groups is 1. The number of nitrogens with one attached hydrogen (secondary N) is 1. The number of unbranched alkanes of at least 4 members (excludes halogenated alkanes) is 2. The van der Waals surface area contributed by atoms with Gasteiger partial charge >= 0.3 is 5.97 Å². The van der Waals surface area contributed by atoms with E-state index in [0.29, 0.717) is 37.8 Å². The van der Waals surface area contributed by atoms with Crippen LogP contribution in [0.3, 0.4) is 0 Å². The molecule has 10 aromatic carbocycles. The highest BCUT2D eigenvalue weighted by atomic mass is 16.5. The predicted molar refractivity (Wildman–Crippen MR) is 419 cm³/mol. The summed E-state index contributed by atoms with van der Waals surface area (Å²) in [5.41, 5.74) is 17.4. The Balaban J connectivity index is 0.000000165. The third kappa shape index (κ3) is 15.2. The number of nitrogens with two attached hydrogens (primary N) is 1. The largest absolute Gasteiger partial charge is 0.465 e. The number of ether oxygens (including phenoxy) is 1. The smallest absolute Gasteiger partial charge is 0.326 e. The van der Waals surface area contributed by atoms with Gasteiger partial charge in [0.15, 0.2) is 11.6 Å². The van der Waals surface area contributed by atoms with Gasteiger partial charge in [0.05, 0.1) is 13.2 Å². The van der Waals surface area contributed by atoms with E-state index in [1.54, 1.807) is 6.92 Å². The fourth-order valence-corrected chi connectivity index (χ4v) is 15.4. The van der Waals surface area contributed by atoms with Crippen molar-refractivity contribution in [3.8, 4) is 45.0 Å². The lowest BCUT2D eigenvalue weighted by molar-refractivity contribution is -0.149. The second-order valence-electron chi connectivity index (χ2n) is 27.7. The van der Waals surface area contributed by atoms with Gasteiger partial charge in [0.2, 0.25) is 5.91 Å². The number of amides is 2. The highest BCUT2D eigenvalue weighted by Gasteiger charge is 2.50. The molecule has 16 heteroatoms. The molecular weight excluding hydrogens is 1310 g/mol. The van der Waals surface area contributed by atoms with E-state index in [1.807, 2.05) is 68.9 Å². The first-order chi connectivity index (χ1) is 52.0. The van der Waals surface area contributed by atoms with E-state index in [0.717, 1.165) is 167 Å². The van der Waals surface area contributed by atoms with Gasteiger partial charge in [-0.05, 0) is 133 Å². The Hall–Kier alpha value is -11.6. The van der Waals surface area contributed by atoms with Crippen molar-refractivity contribution in [3.05, 3.63) is 324 Å². The van der Waals surface area contributed by atoms with Gasteiger partial charge in [-0.25, -0.2) is 9.36 Å². The number of nitrogens with zero attached hydrogens (tertiary/aromatic N) is 10. The number of carbonyl (C=O) groups is 3. The maximum atomic E-state index is 13.8. The van der Waals surface area contributed by atoms with Crippen molar-refractivity contribution in [2.24, 2.45) is 10.7 Å². The molecular formula is C90H92N12O4. The first-order valence-electron chi connectivity index (χ1n) is 37.5. The Kier molecular flexibility index (Phi) is 23.2. The molecule has 3 aliphatic rings. The van der Waals surface area contributed by atoms with Gasteiger partial charge in [0.25, 0.3) is 5.91 Å². The molecule has 0 unspecified atom stereocenters. The zero-order chi connectivity index (χ0) is 73.2. The molecule has 106 heavy (non-hydrogen) atoms. The average Bonchev–Trinajstić information content (AvgIpc) is 1.20. The highest BCUT2D eigenvalue weighted by Crippen LogP contribution is 2.47. The molecule has 2 amide bonds. The molecule has 0 bridgehead atoms. The minimum atomic E-state index is -0.852. The Morgan fingerprint density at radius 1 is 0.462 bits per heavy atom. The zero-order valence-electron chi connectivity index (χ0n) is 60.8. The van der Waals surface area contributed by atoms with Crippen molar-refractivity contribution >= 4 is 23.6 Å². The third-order valence-electron chi connectivity index (χ3n) is 20.8. The van der Waals surface area contributed by atoms with E-state index in [1.165, 1.54) is 0 Å². The van der Waals surface area contributed by atoms with Crippen molar-refractivity contribution in [2.45, 2.75) is 146 Å². The molecule has 0 atom stereocenters. The van der Waals surface area contributed by atoms with Crippen LogP contribution in [0.4, 0.5) is 0 Å². The second kappa shape index (κ2) is 33.9. The van der Waals surface area contributed by atoms with E-state index in [9.17, 15) is 14.4 Å². The maximum Gasteiger partial charge on any atom is 0.326 e. The summed E-state index contributed by atoms with van der Waals surface area (Å²) in [6, 6.07) is 96.1. The molecule has 0 radical (unpaired) electrons. The van der Waals surface area contributed by atoms with Crippen molar-refractivity contribution in [1.29, 1.82) is 0 Å². The van der Waals surface area contributed by atoms with Gasteiger partial charge in [-0.15, -0.1) is 10.2 Å². The first-order valence-corrected chi connectivity index (χ1v) is 37.5. The standard InChI is InChI=1S/C44H42N6O.C38H35N5O.C8H15NO2/c1-2-3-25-40-45-43(30-15-16-31-43)42(51)49(40)32-33-26-28-34(29-27-33)38-23-13-14-24-39(38)41-46-47-48-50(41)44(35-17-7-4-8-18-35,36-19-9-5-10-20-36)37-21-11-6-12-22-37;1-2-3-23-36(44)39-28-29-24-26-30(27-25-29)34-21-13-14-22-35(34)37-40-41-42-43(37)38(31-15-7-4-8-16-31,32-17-9-5-10-18-32)33-19-11-6-12-20-33;1-2-11-7(10)8(9)5-3-4-6-8/h4-14,17-24,26-29H,2-3,15-16,25,30-32H2,1H3;4-22,24-27H,2-3,23,28H2,1H3,(H,39,44);2-6,9H2,1H3. The second-order valence-corrected chi connectivity index (χ2v) is 27.7. The summed E-state index contributed by atoms with van der Waals surface area (Å²) < 4.78 is 8.81. The Morgan fingerprint density at radius 3 is 1.22 bits per heavy atom. The summed E-state index contributed by atoms with van der Waals surface area (Å²) >= 11 is 0. The van der Waals surface area contributed by atoms with Crippen LogP contribution in [0.25, 0.3) is 45.0 Å². The zero-order valence-corrected chi connectivity index (χ0v) is 60.8. The molecule has 16 nitrogen and oxygen atoms in total. The Labute approximate surface area is 621 Å². The maximum absolute atomic E-state index is 13.8. The number of hydrogen-bond donors (Lipinski definition) is 2. The number of benzene rings is 10. The fraction of sp³-hybridized carbons (Fsp3) is 0.267. The number of hydrogen-bond acceptors (Lipinski definition) is 12. The van der Waals surface area contributed by atoms with Crippen LogP contribution < -0.4 is 11.1 Å². The van der Waals surface area contributed by atoms with Gasteiger partial charge in [0, 0.05) is 30.5 Å². The number of rotatable bonds is 24. The molecule has 1 spiro atoms. The fourth-order valence-electron chi connectivity index (χ4n) is 15.4. The van der Waals surface area contributed by atoms with Crippen LogP contribution in [0.2, 0.25) is 0 Å². The summed E-state index contributed by atoms with van der Waals surface area (Å²) in [6.07, 6.45) is 13.0. The van der Waals surface area contributed by atoms with Gasteiger partial charge < -0.3 is 15.8 Å². The van der Waals surface area contributed by atoms with Gasteiger partial charge in [-0.1, -0.05) is 331 Å². The molecule has 12 aromatic rings. The molecule has 3 heterocycles. The molecule has 1 aliphatic heterocycles. The minimum Gasteiger partial charge on any atom is -0.465 e. The molecule has 15 rings (SSSR count). The summed E-state index contributed by atoms with van der Waals surface area (Å²) in [6.45, 7) is 7.56. The first kappa shape index (κ1) is 72.7. The lowest BCUT2D eigenvalue weighted by Crippen LogP contribution is -2.46. The lowest BCUT2D eigenvalue weighted by atomic mass is 9.77. The van der Waals surface area contributed by atoms with Crippen molar-refractivity contribution in [1.82, 2.24) is 50.6 Å². The van der Waals surface area contributed by atoms with Gasteiger partial charge in [-0.3, -0.25) is 24.3 Å². The van der Waals surface area contributed by atoms with Gasteiger partial charge in [0.1, 0.15) is 28.0 Å². The van der Waals surface area contributed by atoms with Crippen LogP contribution in [-0.2, 0) is 43.3 Å². The van der Waals surface area contributed by atoms with E-state index < -0.39 is 22.2 Å². The van der Waals surface area contributed by atoms with Crippen molar-refractivity contribution < 1.29 is 19.1 Å². The van der Waals surface area contributed by atoms with Crippen LogP contribution in [0.15, 0.2) is 284 Å². The van der Waals surface area contributed by atoms with Crippen molar-refractivity contribution in [2.75, 3.05) is 6.61 Å². The van der Waals surface area contributed by atoms with Crippen LogP contribution >= 0.6 is 0 Å². The third-order valence-corrected chi connectivity index (χ3v) is 20.8. The number of tetrazole rings is 2. The van der Waals surface area contributed by atoms with Crippen LogP contribution in [0, 0.1) is 0 Å². The Morgan fingerprint density at radius 2 is 0.830 bits per heavy atom. The molecule has 536 valence electrons. The monoisotopic (exact) mass is 1400 g/mol. The number of carbonyl (C=O) groups excluding carboxylic acids is 3. The van der Waals surface area contributed by atoms with Crippen LogP contribution in [0.1, 0.15) is 155 Å². The molecule has 0 saturated heterocycles. The number of amidine groups is 1. The van der Waals surface area contributed by atoms with E-state index in [-0.39, 0.29) is 17.8 Å². The quantitative estimate of drug-likeness (QED) is 0.0431. The average molecular weight is 1410 g/mol. The molecule has 2 fully saturated rings. The van der Waals surface area contributed by atoms with Crippen LogP contribution in [-0.4, -0.2) is 86.6 Å². The normalized spacial score (nSPS) is 14.4. The van der Waals surface area contributed by atoms with E-state index in [4.69, 9.17) is 31.0 Å². The summed E-state index contributed by atoms with van der Waals surface area (Å²) in [4.78, 5) is 44.2. The number of esters is 1. The van der Waals surface area contributed by atoms with Crippen molar-refractivity contribution in [3.63, 3.8) is 0 Å². The van der Waals surface area contributed by atoms with E-state index in [2.05, 4.69) is 259 Å². The lowest BCUT2D eigenvalue weighted by Gasteiger charge is -2.36. The number of aromatic nitrogens is 8. The predicted octanol–water partition coefficient (Wildman–Crippen LogP) is 17.6. The summed E-state index contributed by atoms with van der Waals surface area (Å²) in [7, 11) is 0. The summed E-state index contributed by atoms with van der Waals surface area (Å²) in [5, 5.41) is 30.5. The highest BCUT2D eigenvalue weighted by molar-refractivity contribution is 6.08. The van der Waals surface area contributed by atoms with Crippen LogP contribution in [0.5, 0.6) is 0 Å². The molecule has 2 aromatic heterocycles. The SMILES string of the molecule is CCCCC(=O)NCc1ccc(-c2ccccc2-c2nnnn2C(c2ccccc2)(c2ccccc2)c2ccccc2)cc1.CCCCC1=NC2(CCCC2)C(=O)N1Cc1ccc(-c2ccccc2-c2nnnn2C(c2ccccc2)(c2ccccc2)c2ccccc2)cc1.CCOC(=O)C1(N)CCCC1. The van der Waals surface area contributed by atoms with Gasteiger partial charge in [-0.2, -0.15) is 0 Å². The topological polar surface area (TPSA) is 201 Å². The molecule has 2 saturated carbocycles. The van der Waals surface area contributed by atoms with E-state index >= 15 is 0 Å². The molecule has 3 N–H and O–H groups in total.